The Morgan fingerprint density at radius 1 is 1.48 bits per heavy atom. The van der Waals surface area contributed by atoms with Crippen LogP contribution in [0.5, 0.6) is 0 Å². The highest BCUT2D eigenvalue weighted by atomic mass is 16.6. The molecule has 1 aromatic heterocycles. The molecule has 1 aliphatic carbocycles. The van der Waals surface area contributed by atoms with Crippen molar-refractivity contribution in [2.75, 3.05) is 26.8 Å². The Morgan fingerprint density at radius 3 is 2.81 bits per heavy atom. The molecule has 2 heterocycles. The molecule has 0 spiro atoms. The van der Waals surface area contributed by atoms with E-state index in [1.54, 1.807) is 7.11 Å². The predicted molar refractivity (Wildman–Crippen MR) is 75.5 cm³/mol. The average Bonchev–Trinajstić information content (AvgIpc) is 2.93. The summed E-state index contributed by atoms with van der Waals surface area (Å²) in [5.74, 6) is 0.625. The van der Waals surface area contributed by atoms with Crippen LogP contribution in [0, 0.1) is 23.7 Å². The highest BCUT2D eigenvalue weighted by Gasteiger charge is 2.63. The SMILES string of the molecule is COC[C@@]12CN(C(=O)Cc3nonc3C)C[C@@H]1C(C)(C)C2. The third kappa shape index (κ3) is 2.25. The molecule has 2 aliphatic rings. The normalized spacial score (nSPS) is 30.1. The van der Waals surface area contributed by atoms with Gasteiger partial charge in [-0.05, 0) is 24.7 Å². The van der Waals surface area contributed by atoms with Crippen LogP contribution < -0.4 is 0 Å². The Bertz CT molecular complexity index is 554. The first-order chi connectivity index (χ1) is 9.88. The van der Waals surface area contributed by atoms with E-state index in [1.807, 2.05) is 11.8 Å². The first-order valence-electron chi connectivity index (χ1n) is 7.43. The van der Waals surface area contributed by atoms with Gasteiger partial charge in [-0.2, -0.15) is 0 Å². The van der Waals surface area contributed by atoms with Gasteiger partial charge in [0.2, 0.25) is 5.91 Å². The monoisotopic (exact) mass is 293 g/mol. The lowest BCUT2D eigenvalue weighted by atomic mass is 9.48. The molecule has 116 valence electrons. The van der Waals surface area contributed by atoms with Crippen LogP contribution in [0.3, 0.4) is 0 Å². The molecule has 21 heavy (non-hydrogen) atoms. The van der Waals surface area contributed by atoms with Gasteiger partial charge in [-0.3, -0.25) is 4.79 Å². The smallest absolute Gasteiger partial charge is 0.228 e. The summed E-state index contributed by atoms with van der Waals surface area (Å²) in [6.45, 7) is 8.71. The van der Waals surface area contributed by atoms with Crippen LogP contribution in [0.2, 0.25) is 0 Å². The Balaban J connectivity index is 1.71. The van der Waals surface area contributed by atoms with Crippen molar-refractivity contribution >= 4 is 5.91 Å². The number of fused-ring (bicyclic) bond motifs is 1. The van der Waals surface area contributed by atoms with Crippen LogP contribution in [0.1, 0.15) is 31.7 Å². The maximum Gasteiger partial charge on any atom is 0.228 e. The molecule has 1 saturated carbocycles. The van der Waals surface area contributed by atoms with Crippen molar-refractivity contribution in [2.24, 2.45) is 16.7 Å². The molecule has 2 fully saturated rings. The Morgan fingerprint density at radius 2 is 2.24 bits per heavy atom. The summed E-state index contributed by atoms with van der Waals surface area (Å²) in [6, 6.07) is 0. The van der Waals surface area contributed by atoms with Gasteiger partial charge in [0.1, 0.15) is 11.4 Å². The van der Waals surface area contributed by atoms with Crippen molar-refractivity contribution in [3.05, 3.63) is 11.4 Å². The van der Waals surface area contributed by atoms with Crippen LogP contribution in [-0.4, -0.2) is 47.9 Å². The number of aromatic nitrogens is 2. The number of hydrogen-bond donors (Lipinski definition) is 0. The quantitative estimate of drug-likeness (QED) is 0.840. The highest BCUT2D eigenvalue weighted by molar-refractivity contribution is 5.79. The van der Waals surface area contributed by atoms with Crippen molar-refractivity contribution in [3.63, 3.8) is 0 Å². The zero-order valence-electron chi connectivity index (χ0n) is 13.2. The molecule has 1 saturated heterocycles. The summed E-state index contributed by atoms with van der Waals surface area (Å²) in [5.41, 5.74) is 1.76. The largest absolute Gasteiger partial charge is 0.384 e. The summed E-state index contributed by atoms with van der Waals surface area (Å²) in [7, 11) is 1.74. The average molecular weight is 293 g/mol. The summed E-state index contributed by atoms with van der Waals surface area (Å²) < 4.78 is 10.1. The van der Waals surface area contributed by atoms with Crippen molar-refractivity contribution in [3.8, 4) is 0 Å². The van der Waals surface area contributed by atoms with E-state index >= 15 is 0 Å². The number of likely N-dealkylation sites (tertiary alicyclic amines) is 1. The minimum atomic E-state index is 0.106. The summed E-state index contributed by atoms with van der Waals surface area (Å²) in [6.07, 6.45) is 1.39. The first kappa shape index (κ1) is 14.5. The van der Waals surface area contributed by atoms with Crippen LogP contribution in [0.4, 0.5) is 0 Å². The van der Waals surface area contributed by atoms with Gasteiger partial charge in [-0.1, -0.05) is 24.2 Å². The van der Waals surface area contributed by atoms with Crippen LogP contribution >= 0.6 is 0 Å². The number of amides is 1. The number of nitrogens with zero attached hydrogens (tertiary/aromatic N) is 3. The van der Waals surface area contributed by atoms with Gasteiger partial charge in [-0.15, -0.1) is 0 Å². The molecule has 2 atom stereocenters. The minimum absolute atomic E-state index is 0.106. The lowest BCUT2D eigenvalue weighted by Crippen LogP contribution is -2.55. The topological polar surface area (TPSA) is 68.5 Å². The first-order valence-corrected chi connectivity index (χ1v) is 7.43. The molecule has 3 rings (SSSR count). The minimum Gasteiger partial charge on any atom is -0.384 e. The van der Waals surface area contributed by atoms with Gasteiger partial charge in [0, 0.05) is 25.6 Å². The van der Waals surface area contributed by atoms with E-state index in [2.05, 4.69) is 28.8 Å². The Hall–Kier alpha value is -1.43. The summed E-state index contributed by atoms with van der Waals surface area (Å²) >= 11 is 0. The van der Waals surface area contributed by atoms with Gasteiger partial charge in [-0.25, -0.2) is 4.63 Å². The second kappa shape index (κ2) is 4.80. The molecule has 0 radical (unpaired) electrons. The summed E-state index contributed by atoms with van der Waals surface area (Å²) in [5, 5.41) is 7.53. The number of rotatable bonds is 4. The molecule has 6 nitrogen and oxygen atoms in total. The van der Waals surface area contributed by atoms with E-state index in [-0.39, 0.29) is 17.7 Å². The number of ether oxygens (including phenoxy) is 1. The van der Waals surface area contributed by atoms with E-state index in [1.165, 1.54) is 0 Å². The lowest BCUT2D eigenvalue weighted by molar-refractivity contribution is -0.130. The number of methoxy groups -OCH3 is 1. The molecule has 0 bridgehead atoms. The van der Waals surface area contributed by atoms with Crippen LogP contribution in [-0.2, 0) is 16.0 Å². The third-order valence-corrected chi connectivity index (χ3v) is 5.25. The number of aryl methyl sites for hydroxylation is 1. The van der Waals surface area contributed by atoms with E-state index in [0.717, 1.165) is 26.1 Å². The number of carbonyl (C=O) groups excluding carboxylic acids is 1. The van der Waals surface area contributed by atoms with Crippen molar-refractivity contribution < 1.29 is 14.2 Å². The molecular weight excluding hydrogens is 270 g/mol. The van der Waals surface area contributed by atoms with Crippen LogP contribution in [0.15, 0.2) is 4.63 Å². The second-order valence-electron chi connectivity index (χ2n) is 7.26. The molecule has 1 aliphatic heterocycles. The maximum absolute atomic E-state index is 12.5. The molecule has 6 heteroatoms. The molecule has 1 amide bonds. The van der Waals surface area contributed by atoms with Gasteiger partial charge in [0.05, 0.1) is 13.0 Å². The van der Waals surface area contributed by atoms with Gasteiger partial charge in [0.25, 0.3) is 0 Å². The third-order valence-electron chi connectivity index (χ3n) is 5.25. The zero-order valence-corrected chi connectivity index (χ0v) is 13.2. The zero-order chi connectivity index (χ0) is 15.3. The fourth-order valence-corrected chi connectivity index (χ4v) is 4.46. The molecule has 0 N–H and O–H groups in total. The molecule has 1 aromatic rings. The fourth-order valence-electron chi connectivity index (χ4n) is 4.46. The van der Waals surface area contributed by atoms with Gasteiger partial charge < -0.3 is 9.64 Å². The lowest BCUT2D eigenvalue weighted by Gasteiger charge is -2.56. The van der Waals surface area contributed by atoms with E-state index in [9.17, 15) is 4.79 Å². The number of carbonyl (C=O) groups is 1. The van der Waals surface area contributed by atoms with Crippen molar-refractivity contribution in [1.82, 2.24) is 15.2 Å². The van der Waals surface area contributed by atoms with E-state index in [0.29, 0.717) is 22.7 Å². The number of hydrogen-bond acceptors (Lipinski definition) is 5. The van der Waals surface area contributed by atoms with Gasteiger partial charge >= 0.3 is 0 Å². The fraction of sp³-hybridized carbons (Fsp3) is 0.800. The maximum atomic E-state index is 12.5. The van der Waals surface area contributed by atoms with Gasteiger partial charge in [0.15, 0.2) is 0 Å². The Labute approximate surface area is 124 Å². The van der Waals surface area contributed by atoms with E-state index in [4.69, 9.17) is 4.74 Å². The van der Waals surface area contributed by atoms with Crippen molar-refractivity contribution in [1.29, 1.82) is 0 Å². The second-order valence-corrected chi connectivity index (χ2v) is 7.26. The molecule has 0 aromatic carbocycles. The predicted octanol–water partition coefficient (Wildman–Crippen LogP) is 1.44. The molecular formula is C15H23N3O3. The summed E-state index contributed by atoms with van der Waals surface area (Å²) in [4.78, 5) is 14.5. The van der Waals surface area contributed by atoms with Crippen molar-refractivity contribution in [2.45, 2.75) is 33.6 Å². The van der Waals surface area contributed by atoms with E-state index < -0.39 is 0 Å². The van der Waals surface area contributed by atoms with Crippen LogP contribution in [0.25, 0.3) is 0 Å². The molecule has 0 unspecified atom stereocenters. The Kier molecular flexibility index (Phi) is 3.31. The highest BCUT2D eigenvalue weighted by Crippen LogP contribution is 2.62. The standard InChI is InChI=1S/C15H23N3O3/c1-10-11(17-21-16-10)5-13(19)18-6-12-14(2,3)7-15(12,8-18)9-20-4/h12H,5-9H2,1-4H3/t12-,15-/m1/s1.